The second-order valence-corrected chi connectivity index (χ2v) is 6.30. The third-order valence-electron chi connectivity index (χ3n) is 4.51. The standard InChI is InChI=1S/C19H19N3O6/c1-3-4-11-9-13-15(18(23)21-11)14(16(17(20)28-13)19(24)27-2)10-5-7-12(8-6-10)22(25)26/h5-9,14H,3-4,20H2,1-2H3,(H,21,23). The van der Waals surface area contributed by atoms with Gasteiger partial charge in [0, 0.05) is 23.9 Å². The van der Waals surface area contributed by atoms with Crippen molar-refractivity contribution in [3.63, 3.8) is 0 Å². The van der Waals surface area contributed by atoms with Crippen molar-refractivity contribution in [2.45, 2.75) is 25.7 Å². The smallest absolute Gasteiger partial charge is 0.340 e. The van der Waals surface area contributed by atoms with Crippen LogP contribution in [0.1, 0.15) is 36.1 Å². The summed E-state index contributed by atoms with van der Waals surface area (Å²) in [4.78, 5) is 38.4. The summed E-state index contributed by atoms with van der Waals surface area (Å²) in [6, 6.07) is 7.24. The highest BCUT2D eigenvalue weighted by Crippen LogP contribution is 2.41. The van der Waals surface area contributed by atoms with Crippen LogP contribution in [0.2, 0.25) is 0 Å². The number of hydrogen-bond donors (Lipinski definition) is 2. The van der Waals surface area contributed by atoms with Crippen LogP contribution in [0.5, 0.6) is 5.75 Å². The van der Waals surface area contributed by atoms with Crippen molar-refractivity contribution >= 4 is 11.7 Å². The molecule has 1 aromatic carbocycles. The molecule has 9 nitrogen and oxygen atoms in total. The first-order valence-corrected chi connectivity index (χ1v) is 8.63. The summed E-state index contributed by atoms with van der Waals surface area (Å²) in [6.07, 6.45) is 1.46. The van der Waals surface area contributed by atoms with Crippen molar-refractivity contribution in [2.24, 2.45) is 5.73 Å². The molecule has 0 saturated heterocycles. The number of nitro groups is 1. The molecule has 3 rings (SSSR count). The van der Waals surface area contributed by atoms with Gasteiger partial charge >= 0.3 is 5.97 Å². The van der Waals surface area contributed by atoms with E-state index in [0.717, 1.165) is 6.42 Å². The Kier molecular flexibility index (Phi) is 5.16. The van der Waals surface area contributed by atoms with E-state index < -0.39 is 22.4 Å². The minimum absolute atomic E-state index is 0.0300. The number of aromatic amines is 1. The topological polar surface area (TPSA) is 138 Å². The molecule has 0 fully saturated rings. The number of esters is 1. The van der Waals surface area contributed by atoms with Crippen molar-refractivity contribution in [2.75, 3.05) is 7.11 Å². The minimum Gasteiger partial charge on any atom is -0.465 e. The van der Waals surface area contributed by atoms with Crippen molar-refractivity contribution in [1.29, 1.82) is 0 Å². The number of methoxy groups -OCH3 is 1. The van der Waals surface area contributed by atoms with Crippen LogP contribution in [0.4, 0.5) is 5.69 Å². The van der Waals surface area contributed by atoms with Gasteiger partial charge in [-0.05, 0) is 12.0 Å². The van der Waals surface area contributed by atoms with Gasteiger partial charge in [0.15, 0.2) is 0 Å². The van der Waals surface area contributed by atoms with E-state index in [1.54, 1.807) is 6.07 Å². The molecule has 0 radical (unpaired) electrons. The van der Waals surface area contributed by atoms with Gasteiger partial charge in [0.25, 0.3) is 11.2 Å². The van der Waals surface area contributed by atoms with E-state index in [-0.39, 0.29) is 28.5 Å². The van der Waals surface area contributed by atoms with Gasteiger partial charge in [0.2, 0.25) is 5.88 Å². The number of nitrogens with one attached hydrogen (secondary N) is 1. The van der Waals surface area contributed by atoms with Gasteiger partial charge in [-0.1, -0.05) is 25.5 Å². The van der Waals surface area contributed by atoms with Gasteiger partial charge in [-0.3, -0.25) is 14.9 Å². The average Bonchev–Trinajstić information content (AvgIpc) is 2.66. The molecule has 3 N–H and O–H groups in total. The maximum Gasteiger partial charge on any atom is 0.340 e. The highest BCUT2D eigenvalue weighted by molar-refractivity contribution is 5.92. The Balaban J connectivity index is 2.22. The Morgan fingerprint density at radius 3 is 2.61 bits per heavy atom. The summed E-state index contributed by atoms with van der Waals surface area (Å²) in [7, 11) is 1.19. The van der Waals surface area contributed by atoms with Gasteiger partial charge in [-0.25, -0.2) is 4.79 Å². The number of fused-ring (bicyclic) bond motifs is 1. The van der Waals surface area contributed by atoms with Crippen molar-refractivity contribution in [3.8, 4) is 5.75 Å². The molecule has 1 aliphatic rings. The number of ether oxygens (including phenoxy) is 2. The number of non-ortho nitro benzene ring substituents is 1. The fourth-order valence-corrected chi connectivity index (χ4v) is 3.27. The normalized spacial score (nSPS) is 15.6. The van der Waals surface area contributed by atoms with E-state index in [2.05, 4.69) is 4.98 Å². The Hall–Kier alpha value is -3.62. The molecule has 1 aromatic heterocycles. The number of aromatic nitrogens is 1. The molecule has 1 aliphatic heterocycles. The first-order valence-electron chi connectivity index (χ1n) is 8.63. The molecular weight excluding hydrogens is 366 g/mol. The van der Waals surface area contributed by atoms with Crippen LogP contribution in [0.25, 0.3) is 0 Å². The number of rotatable bonds is 5. The number of hydrogen-bond acceptors (Lipinski definition) is 7. The number of nitrogens with zero attached hydrogens (tertiary/aromatic N) is 1. The third-order valence-corrected chi connectivity index (χ3v) is 4.51. The highest BCUT2D eigenvalue weighted by atomic mass is 16.6. The summed E-state index contributed by atoms with van der Waals surface area (Å²) in [5.41, 5.74) is 6.79. The van der Waals surface area contributed by atoms with Gasteiger partial charge in [0.05, 0.1) is 23.5 Å². The van der Waals surface area contributed by atoms with Crippen LogP contribution in [0.3, 0.4) is 0 Å². The van der Waals surface area contributed by atoms with E-state index in [0.29, 0.717) is 17.7 Å². The molecule has 9 heteroatoms. The number of nitrogens with two attached hydrogens (primary N) is 1. The number of aryl methyl sites for hydroxylation is 1. The fraction of sp³-hybridized carbons (Fsp3) is 0.263. The van der Waals surface area contributed by atoms with Crippen LogP contribution < -0.4 is 16.0 Å². The SMILES string of the molecule is CCCc1cc2c(c(=O)[nH]1)C(c1ccc([N+](=O)[O-])cc1)C(C(=O)OC)=C(N)O2. The number of pyridine rings is 1. The summed E-state index contributed by atoms with van der Waals surface area (Å²) >= 11 is 0. The van der Waals surface area contributed by atoms with E-state index in [1.807, 2.05) is 6.92 Å². The van der Waals surface area contributed by atoms with Crippen molar-refractivity contribution in [3.05, 3.63) is 79.1 Å². The molecule has 2 aromatic rings. The lowest BCUT2D eigenvalue weighted by atomic mass is 9.83. The largest absolute Gasteiger partial charge is 0.465 e. The number of carbonyl (C=O) groups excluding carboxylic acids is 1. The number of benzene rings is 1. The Morgan fingerprint density at radius 2 is 2.04 bits per heavy atom. The molecule has 0 saturated carbocycles. The molecule has 146 valence electrons. The highest BCUT2D eigenvalue weighted by Gasteiger charge is 2.37. The summed E-state index contributed by atoms with van der Waals surface area (Å²) in [5, 5.41) is 10.9. The van der Waals surface area contributed by atoms with Crippen molar-refractivity contribution in [1.82, 2.24) is 4.98 Å². The van der Waals surface area contributed by atoms with E-state index >= 15 is 0 Å². The third kappa shape index (κ3) is 3.34. The Labute approximate surface area is 159 Å². The first-order chi connectivity index (χ1) is 13.4. The molecule has 0 bridgehead atoms. The van der Waals surface area contributed by atoms with E-state index in [4.69, 9.17) is 15.2 Å². The molecule has 28 heavy (non-hydrogen) atoms. The van der Waals surface area contributed by atoms with Crippen LogP contribution in [-0.2, 0) is 16.0 Å². The van der Waals surface area contributed by atoms with Gasteiger partial charge < -0.3 is 20.2 Å². The predicted octanol–water partition coefficient (Wildman–Crippen LogP) is 2.10. The Bertz CT molecular complexity index is 1020. The summed E-state index contributed by atoms with van der Waals surface area (Å²) in [5.74, 6) is -1.54. The molecular formula is C19H19N3O6. The lowest BCUT2D eigenvalue weighted by molar-refractivity contribution is -0.384. The van der Waals surface area contributed by atoms with Crippen LogP contribution in [0, 0.1) is 10.1 Å². The van der Waals surface area contributed by atoms with E-state index in [1.165, 1.54) is 31.4 Å². The zero-order chi connectivity index (χ0) is 20.4. The van der Waals surface area contributed by atoms with Crippen LogP contribution in [0.15, 0.2) is 46.6 Å². The molecule has 0 amide bonds. The molecule has 0 spiro atoms. The number of nitro benzene ring substituents is 1. The number of H-pyrrole nitrogens is 1. The summed E-state index contributed by atoms with van der Waals surface area (Å²) in [6.45, 7) is 1.97. The fourth-order valence-electron chi connectivity index (χ4n) is 3.27. The van der Waals surface area contributed by atoms with Gasteiger partial charge in [0.1, 0.15) is 11.3 Å². The maximum absolute atomic E-state index is 12.8. The molecule has 0 aliphatic carbocycles. The van der Waals surface area contributed by atoms with Gasteiger partial charge in [-0.15, -0.1) is 0 Å². The predicted molar refractivity (Wildman–Crippen MR) is 99.9 cm³/mol. The Morgan fingerprint density at radius 1 is 1.36 bits per heavy atom. The quantitative estimate of drug-likeness (QED) is 0.457. The average molecular weight is 385 g/mol. The second kappa shape index (κ2) is 7.55. The molecule has 1 unspecified atom stereocenters. The monoisotopic (exact) mass is 385 g/mol. The zero-order valence-corrected chi connectivity index (χ0v) is 15.4. The zero-order valence-electron chi connectivity index (χ0n) is 15.4. The molecule has 2 heterocycles. The number of carbonyl (C=O) groups is 1. The van der Waals surface area contributed by atoms with Crippen LogP contribution in [-0.4, -0.2) is 23.0 Å². The second-order valence-electron chi connectivity index (χ2n) is 6.30. The minimum atomic E-state index is -0.878. The van der Waals surface area contributed by atoms with E-state index in [9.17, 15) is 19.7 Å². The summed E-state index contributed by atoms with van der Waals surface area (Å²) < 4.78 is 10.4. The van der Waals surface area contributed by atoms with Crippen molar-refractivity contribution < 1.29 is 19.2 Å². The van der Waals surface area contributed by atoms with Gasteiger partial charge in [-0.2, -0.15) is 0 Å². The molecule has 1 atom stereocenters. The lowest BCUT2D eigenvalue weighted by Crippen LogP contribution is -2.32. The van der Waals surface area contributed by atoms with Crippen LogP contribution >= 0.6 is 0 Å². The lowest BCUT2D eigenvalue weighted by Gasteiger charge is -2.27. The maximum atomic E-state index is 12.8. The first kappa shape index (κ1) is 19.2.